The SMILES string of the molecule is CC(=O)CC(C)=O.[Ir+3].[c-]1cc(N(c2ccccc2)c2cccc3ccccc23)cc2c1c1ncc(-c3ccccc3)nc1c1ccc(N(c3ccccc3)c3cccc4ccccc34)cc21.[c-]1cc(N(c2ccccc2)c2cccc3ccccc23)cc2c1c1ncc(-c3ccccc3)nc1c1ccc(N(c3ccccc3)c3ccccc3)cc21. The van der Waals surface area contributed by atoms with Crippen molar-refractivity contribution >= 4 is 177 Å². The minimum Gasteiger partial charge on any atom is -0.351 e. The molecule has 120 heavy (non-hydrogen) atoms. The van der Waals surface area contributed by atoms with Crippen molar-refractivity contribution in [2.24, 2.45) is 0 Å². The second-order valence-corrected chi connectivity index (χ2v) is 29.5. The van der Waals surface area contributed by atoms with E-state index in [-0.39, 0.29) is 38.1 Å². The van der Waals surface area contributed by atoms with Crippen LogP contribution < -0.4 is 19.6 Å². The topological polar surface area (TPSA) is 98.7 Å². The number of para-hydroxylation sites is 5. The van der Waals surface area contributed by atoms with Gasteiger partial charge in [-0.1, -0.05) is 284 Å². The molecule has 0 aliphatic heterocycles. The van der Waals surface area contributed by atoms with Crippen LogP contribution in [0.15, 0.2) is 413 Å². The van der Waals surface area contributed by atoms with Gasteiger partial charge in [0.25, 0.3) is 0 Å². The fraction of sp³-hybridized carbons (Fsp3) is 0.0275. The predicted molar refractivity (Wildman–Crippen MR) is 495 cm³/mol. The Morgan fingerprint density at radius 1 is 0.258 bits per heavy atom. The third-order valence-electron chi connectivity index (χ3n) is 21.7. The van der Waals surface area contributed by atoms with E-state index in [1.54, 1.807) is 0 Å². The molecule has 19 aromatic carbocycles. The van der Waals surface area contributed by atoms with E-state index in [0.717, 1.165) is 156 Å². The van der Waals surface area contributed by atoms with Crippen molar-refractivity contribution in [2.75, 3.05) is 19.6 Å². The monoisotopic (exact) mass is 1720 g/mol. The van der Waals surface area contributed by atoms with Crippen LogP contribution in [0.5, 0.6) is 0 Å². The summed E-state index contributed by atoms with van der Waals surface area (Å²) in [4.78, 5) is 50.3. The smallest absolute Gasteiger partial charge is 0.351 e. The van der Waals surface area contributed by atoms with Gasteiger partial charge in [0, 0.05) is 102 Å². The molecule has 0 radical (unpaired) electrons. The third kappa shape index (κ3) is 15.1. The predicted octanol–water partition coefficient (Wildman–Crippen LogP) is 28.7. The first-order valence-corrected chi connectivity index (χ1v) is 39.9. The van der Waals surface area contributed by atoms with Crippen LogP contribution in [0.2, 0.25) is 0 Å². The number of ketones is 2. The first kappa shape index (κ1) is 76.2. The van der Waals surface area contributed by atoms with Crippen molar-refractivity contribution in [1.29, 1.82) is 0 Å². The van der Waals surface area contributed by atoms with E-state index >= 15 is 0 Å². The molecule has 0 aliphatic rings. The van der Waals surface area contributed by atoms with Crippen molar-refractivity contribution in [3.8, 4) is 22.5 Å². The fourth-order valence-electron chi connectivity index (χ4n) is 16.4. The van der Waals surface area contributed by atoms with E-state index in [9.17, 15) is 9.59 Å². The van der Waals surface area contributed by atoms with Crippen LogP contribution in [-0.4, -0.2) is 31.5 Å². The maximum Gasteiger partial charge on any atom is 3.00 e. The summed E-state index contributed by atoms with van der Waals surface area (Å²) >= 11 is 0. The molecule has 0 amide bonds. The van der Waals surface area contributed by atoms with Gasteiger partial charge in [0.05, 0.1) is 34.5 Å². The zero-order valence-electron chi connectivity index (χ0n) is 65.7. The summed E-state index contributed by atoms with van der Waals surface area (Å²) in [5.41, 5.74) is 19.9. The molecule has 0 N–H and O–H groups in total. The van der Waals surface area contributed by atoms with Gasteiger partial charge in [-0.25, -0.2) is 0 Å². The van der Waals surface area contributed by atoms with Gasteiger partial charge in [-0.3, -0.25) is 19.6 Å². The minimum absolute atomic E-state index is 0. The molecule has 2 aromatic heterocycles. The zero-order valence-corrected chi connectivity index (χ0v) is 68.1. The fourth-order valence-corrected chi connectivity index (χ4v) is 16.4. The molecule has 0 bridgehead atoms. The van der Waals surface area contributed by atoms with Crippen molar-refractivity contribution < 1.29 is 29.7 Å². The average molecular weight is 1720 g/mol. The summed E-state index contributed by atoms with van der Waals surface area (Å²) in [6, 6.07) is 148. The number of carbonyl (C=O) groups excluding carboxylic acids is 2. The second-order valence-electron chi connectivity index (χ2n) is 29.5. The van der Waals surface area contributed by atoms with Crippen molar-refractivity contribution in [3.05, 3.63) is 425 Å². The van der Waals surface area contributed by atoms with Crippen LogP contribution in [0.4, 0.5) is 68.2 Å². The number of nitrogens with zero attached hydrogens (tertiary/aromatic N) is 8. The molecule has 11 heteroatoms. The Balaban J connectivity index is 0.000000152. The van der Waals surface area contributed by atoms with Gasteiger partial charge in [-0.2, -0.15) is 0 Å². The standard InChI is InChI=1S/C54H35N4.C50H33N4.C5H8O2.Ir/c1-4-18-39(19-5-1)50-36-55-53-46-32-30-42(57(40-22-6-2-7-23-40)51-28-14-20-37-16-10-12-26-44(37)51)34-48(46)49-35-43(31-33-47(49)54(53)56-50)58(41-24-8-3-9-25-41)52-29-15-21-38-17-11-13-27-45(38)52;1-5-17-36(18-6-1)47-34-51-49-43-30-29-41(54(39-24-11-4-12-25-39)48-27-15-19-35-16-13-14-26-42(35)48)33-45(43)46-32-40(28-31-44(46)50(49)52-47)53(37-20-7-2-8-21-37)38-22-9-3-10-23-38;1-4(6)3-5(2)7;/h1-31,33-36H;1-29,31-34H;3H2,1-2H3;/q2*-1;;+3. The molecule has 21 aromatic rings. The van der Waals surface area contributed by atoms with E-state index in [0.29, 0.717) is 0 Å². The number of Topliss-reactive ketones (excluding diaryl/α,β-unsaturated/α-hetero) is 2. The van der Waals surface area contributed by atoms with Gasteiger partial charge in [0.1, 0.15) is 11.6 Å². The molecule has 0 atom stereocenters. The van der Waals surface area contributed by atoms with Crippen LogP contribution in [0.1, 0.15) is 20.3 Å². The number of rotatable bonds is 16. The van der Waals surface area contributed by atoms with Gasteiger partial charge in [-0.05, 0) is 166 Å². The van der Waals surface area contributed by atoms with Crippen molar-refractivity contribution in [2.45, 2.75) is 20.3 Å². The van der Waals surface area contributed by atoms with Crippen LogP contribution in [0.25, 0.3) is 120 Å². The Morgan fingerprint density at radius 2 is 0.542 bits per heavy atom. The summed E-state index contributed by atoms with van der Waals surface area (Å²) in [5, 5.41) is 15.3. The van der Waals surface area contributed by atoms with Gasteiger partial charge < -0.3 is 29.6 Å². The largest absolute Gasteiger partial charge is 3.00 e. The number of aromatic nitrogens is 4. The molecule has 0 spiro atoms. The molecule has 10 nitrogen and oxygen atoms in total. The summed E-state index contributed by atoms with van der Waals surface area (Å²) in [6.45, 7) is 2.81. The number of benzene rings is 19. The van der Waals surface area contributed by atoms with Crippen LogP contribution in [0, 0.1) is 12.1 Å². The normalized spacial score (nSPS) is 11.1. The first-order chi connectivity index (χ1) is 58.7. The third-order valence-corrected chi connectivity index (χ3v) is 21.7. The second kappa shape index (κ2) is 34.0. The number of carbonyl (C=O) groups is 2. The molecule has 2 heterocycles. The first-order valence-electron chi connectivity index (χ1n) is 39.9. The van der Waals surface area contributed by atoms with E-state index in [2.05, 4.69) is 396 Å². The molecule has 0 saturated carbocycles. The van der Waals surface area contributed by atoms with E-state index in [1.807, 2.05) is 48.8 Å². The van der Waals surface area contributed by atoms with Crippen LogP contribution >= 0.6 is 0 Å². The molecule has 0 aliphatic carbocycles. The minimum atomic E-state index is -0.0625. The quantitative estimate of drug-likeness (QED) is 0.0528. The van der Waals surface area contributed by atoms with Crippen LogP contribution in [0.3, 0.4) is 0 Å². The Morgan fingerprint density at radius 3 is 0.875 bits per heavy atom. The van der Waals surface area contributed by atoms with E-state index < -0.39 is 0 Å². The number of hydrogen-bond acceptors (Lipinski definition) is 10. The number of fused-ring (bicyclic) bond motifs is 15. The number of hydrogen-bond donors (Lipinski definition) is 0. The maximum absolute atomic E-state index is 10.0. The van der Waals surface area contributed by atoms with E-state index in [1.165, 1.54) is 46.2 Å². The average Bonchev–Trinajstić information content (AvgIpc) is 0.729. The summed E-state index contributed by atoms with van der Waals surface area (Å²) in [6.07, 6.45) is 3.86. The summed E-state index contributed by atoms with van der Waals surface area (Å²) in [7, 11) is 0. The Kier molecular flexibility index (Phi) is 21.6. The van der Waals surface area contributed by atoms with E-state index in [4.69, 9.17) is 19.9 Å². The Bertz CT molecular complexity index is 7290. The van der Waals surface area contributed by atoms with Crippen molar-refractivity contribution in [3.63, 3.8) is 0 Å². The molecular weight excluding hydrogens is 1650 g/mol. The maximum atomic E-state index is 10.0. The Hall–Kier alpha value is -15.1. The molecular formula is C109H76IrN8O2+. The Labute approximate surface area is 709 Å². The molecule has 572 valence electrons. The molecule has 0 fully saturated rings. The van der Waals surface area contributed by atoms with Gasteiger partial charge in [0.2, 0.25) is 0 Å². The molecule has 0 saturated heterocycles. The van der Waals surface area contributed by atoms with Crippen LogP contribution in [-0.2, 0) is 29.7 Å². The summed E-state index contributed by atoms with van der Waals surface area (Å²) in [5.74, 6) is -0.125. The van der Waals surface area contributed by atoms with Gasteiger partial charge in [-0.15, -0.1) is 47.2 Å². The molecule has 0 unspecified atom stereocenters. The van der Waals surface area contributed by atoms with Crippen molar-refractivity contribution in [1.82, 2.24) is 19.9 Å². The van der Waals surface area contributed by atoms with Gasteiger partial charge in [0.15, 0.2) is 0 Å². The van der Waals surface area contributed by atoms with Gasteiger partial charge >= 0.3 is 20.1 Å². The number of anilines is 12. The summed E-state index contributed by atoms with van der Waals surface area (Å²) < 4.78 is 0. The molecule has 21 rings (SSSR count). The zero-order chi connectivity index (χ0) is 80.1.